The number of carbonyl (C=O) groups is 2. The summed E-state index contributed by atoms with van der Waals surface area (Å²) in [5.41, 5.74) is -1.19. The summed E-state index contributed by atoms with van der Waals surface area (Å²) in [6.07, 6.45) is 0.761. The number of hydrogen-bond acceptors (Lipinski definition) is 5. The number of carbonyl (C=O) groups excluding carboxylic acids is 2. The van der Waals surface area contributed by atoms with E-state index < -0.39 is 17.2 Å². The lowest BCUT2D eigenvalue weighted by atomic mass is 10.2. The van der Waals surface area contributed by atoms with Gasteiger partial charge in [0.2, 0.25) is 0 Å². The molecule has 1 saturated carbocycles. The van der Waals surface area contributed by atoms with Gasteiger partial charge >= 0.3 is 12.1 Å². The zero-order valence-corrected chi connectivity index (χ0v) is 12.0. The van der Waals surface area contributed by atoms with Crippen molar-refractivity contribution >= 4 is 12.1 Å². The molecular formula is C13H23NO5. The van der Waals surface area contributed by atoms with Gasteiger partial charge in [0, 0.05) is 6.92 Å². The first-order chi connectivity index (χ1) is 8.68. The summed E-state index contributed by atoms with van der Waals surface area (Å²) in [4.78, 5) is 22.3. The zero-order valence-electron chi connectivity index (χ0n) is 12.0. The van der Waals surface area contributed by atoms with Crippen molar-refractivity contribution in [2.24, 2.45) is 5.92 Å². The Morgan fingerprint density at radius 1 is 1.42 bits per heavy atom. The topological polar surface area (TPSA) is 84.9 Å². The largest absolute Gasteiger partial charge is 0.466 e. The molecule has 0 heterocycles. The Morgan fingerprint density at radius 2 is 2.05 bits per heavy atom. The average Bonchev–Trinajstić information content (AvgIpc) is 2.88. The monoisotopic (exact) mass is 273 g/mol. The smallest absolute Gasteiger partial charge is 0.408 e. The van der Waals surface area contributed by atoms with E-state index in [4.69, 9.17) is 9.47 Å². The van der Waals surface area contributed by atoms with Crippen LogP contribution in [-0.2, 0) is 14.3 Å². The number of aliphatic hydroxyl groups excluding tert-OH is 1. The lowest BCUT2D eigenvalue weighted by molar-refractivity contribution is -0.141. The van der Waals surface area contributed by atoms with Crippen LogP contribution in [0.15, 0.2) is 0 Å². The molecule has 0 aliphatic heterocycles. The van der Waals surface area contributed by atoms with E-state index in [1.165, 1.54) is 6.92 Å². The van der Waals surface area contributed by atoms with Crippen molar-refractivity contribution in [1.29, 1.82) is 0 Å². The molecule has 2 atom stereocenters. The second-order valence-electron chi connectivity index (χ2n) is 5.97. The van der Waals surface area contributed by atoms with Crippen LogP contribution in [0.5, 0.6) is 0 Å². The van der Waals surface area contributed by atoms with Crippen molar-refractivity contribution in [3.8, 4) is 0 Å². The first kappa shape index (κ1) is 15.8. The van der Waals surface area contributed by atoms with Gasteiger partial charge in [-0.25, -0.2) is 4.79 Å². The first-order valence-corrected chi connectivity index (χ1v) is 6.44. The minimum Gasteiger partial charge on any atom is -0.466 e. The fourth-order valence-corrected chi connectivity index (χ4v) is 2.00. The number of amides is 1. The molecule has 0 aromatic carbocycles. The van der Waals surface area contributed by atoms with E-state index in [9.17, 15) is 14.7 Å². The molecule has 1 rings (SSSR count). The lowest BCUT2D eigenvalue weighted by Crippen LogP contribution is -2.44. The van der Waals surface area contributed by atoms with E-state index in [0.29, 0.717) is 19.4 Å². The summed E-state index contributed by atoms with van der Waals surface area (Å²) in [5, 5.41) is 12.1. The maximum atomic E-state index is 11.7. The van der Waals surface area contributed by atoms with Crippen LogP contribution < -0.4 is 5.32 Å². The maximum Gasteiger partial charge on any atom is 0.408 e. The summed E-state index contributed by atoms with van der Waals surface area (Å²) < 4.78 is 10.0. The third-order valence-corrected chi connectivity index (χ3v) is 3.04. The number of esters is 1. The Kier molecular flexibility index (Phi) is 4.79. The summed E-state index contributed by atoms with van der Waals surface area (Å²) in [6, 6.07) is 0. The molecule has 0 bridgehead atoms. The molecule has 6 nitrogen and oxygen atoms in total. The standard InChI is InChI=1S/C13H23NO5/c1-9(16)18-6-5-10-7-13(10,8-15)14-11(17)19-12(2,3)4/h10,15H,5-8H2,1-4H3,(H,14,17)/t10-,13-/m1/s1. The van der Waals surface area contributed by atoms with Gasteiger partial charge < -0.3 is 19.9 Å². The quantitative estimate of drug-likeness (QED) is 0.736. The number of nitrogens with one attached hydrogen (secondary N) is 1. The van der Waals surface area contributed by atoms with Crippen LogP contribution in [0.3, 0.4) is 0 Å². The Hall–Kier alpha value is -1.30. The van der Waals surface area contributed by atoms with Crippen LogP contribution in [0.2, 0.25) is 0 Å². The molecule has 0 unspecified atom stereocenters. The minimum absolute atomic E-state index is 0.115. The highest BCUT2D eigenvalue weighted by atomic mass is 16.6. The van der Waals surface area contributed by atoms with Crippen LogP contribution in [0, 0.1) is 5.92 Å². The molecule has 19 heavy (non-hydrogen) atoms. The number of ether oxygens (including phenoxy) is 2. The van der Waals surface area contributed by atoms with Gasteiger partial charge in [-0.15, -0.1) is 0 Å². The molecule has 6 heteroatoms. The van der Waals surface area contributed by atoms with Crippen molar-refractivity contribution in [2.45, 2.75) is 51.7 Å². The molecular weight excluding hydrogens is 250 g/mol. The van der Waals surface area contributed by atoms with Crippen LogP contribution in [-0.4, -0.2) is 41.5 Å². The van der Waals surface area contributed by atoms with Crippen LogP contribution in [0.1, 0.15) is 40.5 Å². The van der Waals surface area contributed by atoms with Gasteiger partial charge in [-0.1, -0.05) is 0 Å². The van der Waals surface area contributed by atoms with Crippen molar-refractivity contribution < 1.29 is 24.2 Å². The van der Waals surface area contributed by atoms with E-state index in [2.05, 4.69) is 5.32 Å². The summed E-state index contributed by atoms with van der Waals surface area (Å²) in [6.45, 7) is 6.86. The minimum atomic E-state index is -0.623. The fourth-order valence-electron chi connectivity index (χ4n) is 2.00. The van der Waals surface area contributed by atoms with E-state index in [-0.39, 0.29) is 18.5 Å². The molecule has 1 amide bonds. The number of hydrogen-bond donors (Lipinski definition) is 2. The second-order valence-corrected chi connectivity index (χ2v) is 5.97. The summed E-state index contributed by atoms with van der Waals surface area (Å²) >= 11 is 0. The molecule has 1 fully saturated rings. The van der Waals surface area contributed by atoms with Gasteiger partial charge in [-0.05, 0) is 39.5 Å². The molecule has 0 aromatic heterocycles. The lowest BCUT2D eigenvalue weighted by Gasteiger charge is -2.23. The normalized spacial score (nSPS) is 25.6. The van der Waals surface area contributed by atoms with Gasteiger partial charge in [0.25, 0.3) is 0 Å². The second kappa shape index (κ2) is 5.77. The number of aliphatic hydroxyl groups is 1. The van der Waals surface area contributed by atoms with Crippen LogP contribution >= 0.6 is 0 Å². The molecule has 0 radical (unpaired) electrons. The number of alkyl carbamates (subject to hydrolysis) is 1. The third-order valence-electron chi connectivity index (χ3n) is 3.04. The fraction of sp³-hybridized carbons (Fsp3) is 0.846. The predicted octanol–water partition coefficient (Wildman–Crippen LogP) is 1.22. The summed E-state index contributed by atoms with van der Waals surface area (Å²) in [7, 11) is 0. The van der Waals surface area contributed by atoms with Gasteiger partial charge in [-0.2, -0.15) is 0 Å². The van der Waals surface area contributed by atoms with E-state index in [1.54, 1.807) is 20.8 Å². The van der Waals surface area contributed by atoms with E-state index in [0.717, 1.165) is 0 Å². The van der Waals surface area contributed by atoms with Crippen LogP contribution in [0.4, 0.5) is 4.79 Å². The van der Waals surface area contributed by atoms with Crippen molar-refractivity contribution in [3.05, 3.63) is 0 Å². The molecule has 1 aliphatic rings. The van der Waals surface area contributed by atoms with E-state index >= 15 is 0 Å². The first-order valence-electron chi connectivity index (χ1n) is 6.44. The Labute approximate surface area is 113 Å². The van der Waals surface area contributed by atoms with Gasteiger partial charge in [0.15, 0.2) is 0 Å². The van der Waals surface area contributed by atoms with E-state index in [1.807, 2.05) is 0 Å². The molecule has 2 N–H and O–H groups in total. The number of rotatable bonds is 5. The molecule has 110 valence electrons. The Bertz CT molecular complexity index is 349. The SMILES string of the molecule is CC(=O)OCC[C@@H]1C[C@]1(CO)NC(=O)OC(C)(C)C. The highest BCUT2D eigenvalue weighted by Gasteiger charge is 2.55. The van der Waals surface area contributed by atoms with Gasteiger partial charge in [0.05, 0.1) is 18.8 Å². The molecule has 0 spiro atoms. The Morgan fingerprint density at radius 3 is 2.53 bits per heavy atom. The Balaban J connectivity index is 2.38. The molecule has 1 aliphatic carbocycles. The van der Waals surface area contributed by atoms with Gasteiger partial charge in [-0.3, -0.25) is 4.79 Å². The van der Waals surface area contributed by atoms with Crippen molar-refractivity contribution in [1.82, 2.24) is 5.32 Å². The highest BCUT2D eigenvalue weighted by molar-refractivity contribution is 5.69. The predicted molar refractivity (Wildman–Crippen MR) is 68.5 cm³/mol. The zero-order chi connectivity index (χ0) is 14.7. The van der Waals surface area contributed by atoms with Crippen LogP contribution in [0.25, 0.3) is 0 Å². The molecule has 0 saturated heterocycles. The molecule has 0 aromatic rings. The summed E-state index contributed by atoms with van der Waals surface area (Å²) in [5.74, 6) is -0.209. The van der Waals surface area contributed by atoms with Crippen molar-refractivity contribution in [2.75, 3.05) is 13.2 Å². The van der Waals surface area contributed by atoms with Gasteiger partial charge in [0.1, 0.15) is 5.60 Å². The maximum absolute atomic E-state index is 11.7. The highest BCUT2D eigenvalue weighted by Crippen LogP contribution is 2.45. The van der Waals surface area contributed by atoms with Crippen molar-refractivity contribution in [3.63, 3.8) is 0 Å². The third kappa shape index (κ3) is 5.06. The average molecular weight is 273 g/mol.